The summed E-state index contributed by atoms with van der Waals surface area (Å²) in [4.78, 5) is 4.35. The average molecular weight is 252 g/mol. The number of rotatable bonds is 9. The van der Waals surface area contributed by atoms with E-state index in [0.29, 0.717) is 6.04 Å². The van der Waals surface area contributed by atoms with Crippen molar-refractivity contribution in [2.45, 2.75) is 72.5 Å². The molecule has 0 aliphatic carbocycles. The zero-order valence-corrected chi connectivity index (χ0v) is 12.3. The first-order valence-corrected chi connectivity index (χ1v) is 7.27. The lowest BCUT2D eigenvalue weighted by atomic mass is 10.00. The van der Waals surface area contributed by atoms with Gasteiger partial charge in [-0.1, -0.05) is 47.0 Å². The van der Waals surface area contributed by atoms with E-state index in [1.54, 1.807) is 0 Å². The molecule has 1 unspecified atom stereocenters. The molecule has 0 fully saturated rings. The van der Waals surface area contributed by atoms with Gasteiger partial charge in [-0.3, -0.25) is 4.68 Å². The third-order valence-electron chi connectivity index (χ3n) is 3.24. The quantitative estimate of drug-likeness (QED) is 0.734. The molecule has 104 valence electrons. The van der Waals surface area contributed by atoms with Gasteiger partial charge in [0.05, 0.1) is 6.54 Å². The van der Waals surface area contributed by atoms with Crippen LogP contribution in [0.2, 0.25) is 0 Å². The molecule has 4 heteroatoms. The molecule has 0 radical (unpaired) electrons. The number of aromatic nitrogens is 3. The van der Waals surface area contributed by atoms with Crippen LogP contribution in [-0.2, 0) is 13.1 Å². The fourth-order valence-electron chi connectivity index (χ4n) is 1.98. The summed E-state index contributed by atoms with van der Waals surface area (Å²) in [6.45, 7) is 10.5. The largest absolute Gasteiger partial charge is 0.308 e. The first kappa shape index (κ1) is 15.2. The molecule has 1 atom stereocenters. The zero-order valence-electron chi connectivity index (χ0n) is 12.3. The lowest BCUT2D eigenvalue weighted by Gasteiger charge is -2.13. The van der Waals surface area contributed by atoms with Crippen molar-refractivity contribution < 1.29 is 0 Å². The molecular weight excluding hydrogens is 224 g/mol. The Morgan fingerprint density at radius 1 is 1.33 bits per heavy atom. The first-order chi connectivity index (χ1) is 8.65. The number of nitrogens with zero attached hydrogens (tertiary/aromatic N) is 3. The van der Waals surface area contributed by atoms with Crippen molar-refractivity contribution in [3.8, 4) is 0 Å². The van der Waals surface area contributed by atoms with Crippen LogP contribution >= 0.6 is 0 Å². The lowest BCUT2D eigenvalue weighted by Crippen LogP contribution is -2.22. The van der Waals surface area contributed by atoms with Crippen LogP contribution in [0.25, 0.3) is 0 Å². The molecule has 1 N–H and O–H groups in total. The SMILES string of the molecule is CCCCC(CC)Cn1cnc(CNC(C)C)n1. The van der Waals surface area contributed by atoms with Gasteiger partial charge >= 0.3 is 0 Å². The van der Waals surface area contributed by atoms with Crippen LogP contribution in [0.15, 0.2) is 6.33 Å². The van der Waals surface area contributed by atoms with Gasteiger partial charge in [0.25, 0.3) is 0 Å². The first-order valence-electron chi connectivity index (χ1n) is 7.27. The highest BCUT2D eigenvalue weighted by molar-refractivity contribution is 4.81. The van der Waals surface area contributed by atoms with Crippen molar-refractivity contribution >= 4 is 0 Å². The fourth-order valence-corrected chi connectivity index (χ4v) is 1.98. The normalized spacial score (nSPS) is 13.2. The monoisotopic (exact) mass is 252 g/mol. The van der Waals surface area contributed by atoms with Gasteiger partial charge in [0.1, 0.15) is 6.33 Å². The summed E-state index contributed by atoms with van der Waals surface area (Å²) in [6.07, 6.45) is 6.98. The summed E-state index contributed by atoms with van der Waals surface area (Å²) < 4.78 is 2.00. The van der Waals surface area contributed by atoms with E-state index < -0.39 is 0 Å². The standard InChI is InChI=1S/C14H28N4/c1-5-7-8-13(6-2)10-18-11-16-14(17-18)9-15-12(3)4/h11-13,15H,5-10H2,1-4H3. The summed E-state index contributed by atoms with van der Waals surface area (Å²) >= 11 is 0. The van der Waals surface area contributed by atoms with E-state index >= 15 is 0 Å². The van der Waals surface area contributed by atoms with Crippen LogP contribution < -0.4 is 5.32 Å². The molecule has 0 saturated carbocycles. The van der Waals surface area contributed by atoms with Crippen molar-refractivity contribution in [1.82, 2.24) is 20.1 Å². The van der Waals surface area contributed by atoms with Crippen molar-refractivity contribution in [3.05, 3.63) is 12.2 Å². The predicted octanol–water partition coefficient (Wildman–Crippen LogP) is 2.99. The Kier molecular flexibility index (Phi) is 6.94. The van der Waals surface area contributed by atoms with Crippen molar-refractivity contribution in [2.24, 2.45) is 5.92 Å². The molecule has 0 amide bonds. The minimum absolute atomic E-state index is 0.477. The smallest absolute Gasteiger partial charge is 0.164 e. The second kappa shape index (κ2) is 8.25. The minimum atomic E-state index is 0.477. The van der Waals surface area contributed by atoms with E-state index in [-0.39, 0.29) is 0 Å². The highest BCUT2D eigenvalue weighted by Crippen LogP contribution is 2.14. The Morgan fingerprint density at radius 3 is 2.72 bits per heavy atom. The number of unbranched alkanes of at least 4 members (excludes halogenated alkanes) is 1. The van der Waals surface area contributed by atoms with Gasteiger partial charge in [-0.2, -0.15) is 5.10 Å². The molecule has 0 saturated heterocycles. The Morgan fingerprint density at radius 2 is 2.11 bits per heavy atom. The molecular formula is C14H28N4. The number of hydrogen-bond donors (Lipinski definition) is 1. The molecule has 1 aromatic rings. The highest BCUT2D eigenvalue weighted by Gasteiger charge is 2.08. The molecule has 4 nitrogen and oxygen atoms in total. The Bertz CT molecular complexity index is 319. The van der Waals surface area contributed by atoms with Crippen LogP contribution in [0.4, 0.5) is 0 Å². The van der Waals surface area contributed by atoms with E-state index in [1.165, 1.54) is 25.7 Å². The molecule has 0 aromatic carbocycles. The summed E-state index contributed by atoms with van der Waals surface area (Å²) in [6, 6.07) is 0.477. The van der Waals surface area contributed by atoms with Crippen LogP contribution in [0.5, 0.6) is 0 Å². The van der Waals surface area contributed by atoms with Crippen molar-refractivity contribution in [1.29, 1.82) is 0 Å². The molecule has 0 aliphatic heterocycles. The van der Waals surface area contributed by atoms with Gasteiger partial charge < -0.3 is 5.32 Å². The van der Waals surface area contributed by atoms with Crippen LogP contribution in [0.3, 0.4) is 0 Å². The number of nitrogens with one attached hydrogen (secondary N) is 1. The van der Waals surface area contributed by atoms with E-state index in [2.05, 4.69) is 43.1 Å². The van der Waals surface area contributed by atoms with Gasteiger partial charge in [0.15, 0.2) is 5.82 Å². The molecule has 0 spiro atoms. The van der Waals surface area contributed by atoms with E-state index in [0.717, 1.165) is 24.8 Å². The third kappa shape index (κ3) is 5.63. The van der Waals surface area contributed by atoms with E-state index in [1.807, 2.05) is 11.0 Å². The molecule has 0 aliphatic rings. The highest BCUT2D eigenvalue weighted by atomic mass is 15.3. The van der Waals surface area contributed by atoms with Gasteiger partial charge in [-0.15, -0.1) is 0 Å². The molecule has 0 bridgehead atoms. The van der Waals surface area contributed by atoms with Gasteiger partial charge in [0.2, 0.25) is 0 Å². The second-order valence-electron chi connectivity index (χ2n) is 5.33. The van der Waals surface area contributed by atoms with Gasteiger partial charge in [-0.05, 0) is 12.3 Å². The van der Waals surface area contributed by atoms with Crippen molar-refractivity contribution in [3.63, 3.8) is 0 Å². The Balaban J connectivity index is 2.41. The maximum absolute atomic E-state index is 4.52. The van der Waals surface area contributed by atoms with Crippen molar-refractivity contribution in [2.75, 3.05) is 0 Å². The zero-order chi connectivity index (χ0) is 13.4. The summed E-state index contributed by atoms with van der Waals surface area (Å²) in [5.74, 6) is 1.63. The maximum atomic E-state index is 4.52. The molecule has 1 aromatic heterocycles. The average Bonchev–Trinajstić information content (AvgIpc) is 2.79. The van der Waals surface area contributed by atoms with Crippen LogP contribution in [0.1, 0.15) is 59.2 Å². The third-order valence-corrected chi connectivity index (χ3v) is 3.24. The van der Waals surface area contributed by atoms with Crippen LogP contribution in [0, 0.1) is 5.92 Å². The minimum Gasteiger partial charge on any atom is -0.308 e. The lowest BCUT2D eigenvalue weighted by molar-refractivity contribution is 0.370. The Hall–Kier alpha value is -0.900. The predicted molar refractivity (Wildman–Crippen MR) is 75.3 cm³/mol. The fraction of sp³-hybridized carbons (Fsp3) is 0.857. The molecule has 1 heterocycles. The summed E-state index contributed by atoms with van der Waals surface area (Å²) in [5.41, 5.74) is 0. The number of hydrogen-bond acceptors (Lipinski definition) is 3. The van der Waals surface area contributed by atoms with Gasteiger partial charge in [-0.25, -0.2) is 4.98 Å². The summed E-state index contributed by atoms with van der Waals surface area (Å²) in [5, 5.41) is 7.86. The van der Waals surface area contributed by atoms with Crippen LogP contribution in [-0.4, -0.2) is 20.8 Å². The Labute approximate surface area is 111 Å². The van der Waals surface area contributed by atoms with E-state index in [4.69, 9.17) is 0 Å². The van der Waals surface area contributed by atoms with Gasteiger partial charge in [0, 0.05) is 12.6 Å². The topological polar surface area (TPSA) is 42.7 Å². The second-order valence-corrected chi connectivity index (χ2v) is 5.33. The molecule has 18 heavy (non-hydrogen) atoms. The van der Waals surface area contributed by atoms with E-state index in [9.17, 15) is 0 Å². The summed E-state index contributed by atoms with van der Waals surface area (Å²) in [7, 11) is 0. The maximum Gasteiger partial charge on any atom is 0.164 e. The molecule has 1 rings (SSSR count).